The Morgan fingerprint density at radius 2 is 2.29 bits per heavy atom. The van der Waals surface area contributed by atoms with E-state index in [-0.39, 0.29) is 5.56 Å². The van der Waals surface area contributed by atoms with Crippen LogP contribution in [0.2, 0.25) is 0 Å². The SMILES string of the molecule is Cc1noc2c(Br)ccc(C(=O)O)c12. The number of carboxylic acid groups (broad SMARTS) is 1. The van der Waals surface area contributed by atoms with Gasteiger partial charge in [0.2, 0.25) is 0 Å². The number of hydrogen-bond acceptors (Lipinski definition) is 3. The van der Waals surface area contributed by atoms with E-state index in [0.29, 0.717) is 21.1 Å². The second kappa shape index (κ2) is 3.09. The molecule has 0 radical (unpaired) electrons. The molecule has 14 heavy (non-hydrogen) atoms. The molecule has 5 heteroatoms. The predicted molar refractivity (Wildman–Crippen MR) is 53.4 cm³/mol. The summed E-state index contributed by atoms with van der Waals surface area (Å²) in [6.07, 6.45) is 0. The maximum absolute atomic E-state index is 10.9. The molecular weight excluding hydrogens is 250 g/mol. The van der Waals surface area contributed by atoms with Crippen LogP contribution in [0.4, 0.5) is 0 Å². The second-order valence-corrected chi connectivity index (χ2v) is 3.73. The summed E-state index contributed by atoms with van der Waals surface area (Å²) in [4.78, 5) is 10.9. The summed E-state index contributed by atoms with van der Waals surface area (Å²) in [5.74, 6) is -0.978. The number of benzene rings is 1. The standard InChI is InChI=1S/C9H6BrNO3/c1-4-7-5(9(12)13)2-3-6(10)8(7)14-11-4/h2-3H,1H3,(H,12,13). The second-order valence-electron chi connectivity index (χ2n) is 2.87. The first-order chi connectivity index (χ1) is 6.61. The van der Waals surface area contributed by atoms with Gasteiger partial charge in [0, 0.05) is 0 Å². The third kappa shape index (κ3) is 1.21. The third-order valence-corrected chi connectivity index (χ3v) is 2.60. The fourth-order valence-corrected chi connectivity index (χ4v) is 1.75. The molecule has 0 aliphatic heterocycles. The van der Waals surface area contributed by atoms with Crippen molar-refractivity contribution < 1.29 is 14.4 Å². The molecule has 2 aromatic rings. The lowest BCUT2D eigenvalue weighted by Gasteiger charge is -1.97. The van der Waals surface area contributed by atoms with Crippen LogP contribution in [0.3, 0.4) is 0 Å². The highest BCUT2D eigenvalue weighted by Gasteiger charge is 2.16. The maximum atomic E-state index is 10.9. The van der Waals surface area contributed by atoms with Gasteiger partial charge in [0.25, 0.3) is 0 Å². The summed E-state index contributed by atoms with van der Waals surface area (Å²) >= 11 is 3.27. The molecule has 0 bridgehead atoms. The molecule has 1 N–H and O–H groups in total. The van der Waals surface area contributed by atoms with Gasteiger partial charge in [0.15, 0.2) is 5.58 Å². The van der Waals surface area contributed by atoms with Gasteiger partial charge in [-0.1, -0.05) is 5.16 Å². The number of rotatable bonds is 1. The van der Waals surface area contributed by atoms with Crippen LogP contribution in [0.5, 0.6) is 0 Å². The van der Waals surface area contributed by atoms with E-state index < -0.39 is 5.97 Å². The average molecular weight is 256 g/mol. The van der Waals surface area contributed by atoms with Crippen LogP contribution in [-0.4, -0.2) is 16.2 Å². The van der Waals surface area contributed by atoms with E-state index in [1.165, 1.54) is 6.07 Å². The van der Waals surface area contributed by atoms with Crippen LogP contribution in [0.15, 0.2) is 21.1 Å². The minimum absolute atomic E-state index is 0.210. The molecule has 0 amide bonds. The molecule has 4 nitrogen and oxygen atoms in total. The summed E-state index contributed by atoms with van der Waals surface area (Å²) in [5.41, 5.74) is 1.27. The smallest absolute Gasteiger partial charge is 0.336 e. The van der Waals surface area contributed by atoms with Gasteiger partial charge in [-0.25, -0.2) is 4.79 Å². The van der Waals surface area contributed by atoms with E-state index in [4.69, 9.17) is 9.63 Å². The monoisotopic (exact) mass is 255 g/mol. The van der Waals surface area contributed by atoms with E-state index in [2.05, 4.69) is 21.1 Å². The minimum atomic E-state index is -0.978. The molecule has 1 aromatic carbocycles. The van der Waals surface area contributed by atoms with Crippen molar-refractivity contribution in [1.29, 1.82) is 0 Å². The fourth-order valence-electron chi connectivity index (χ4n) is 1.34. The lowest BCUT2D eigenvalue weighted by Crippen LogP contribution is -1.97. The Morgan fingerprint density at radius 1 is 1.57 bits per heavy atom. The van der Waals surface area contributed by atoms with Gasteiger partial charge in [-0.05, 0) is 35.0 Å². The third-order valence-electron chi connectivity index (χ3n) is 1.98. The first kappa shape index (κ1) is 9.21. The fraction of sp³-hybridized carbons (Fsp3) is 0.111. The zero-order valence-electron chi connectivity index (χ0n) is 7.24. The highest BCUT2D eigenvalue weighted by atomic mass is 79.9. The van der Waals surface area contributed by atoms with Gasteiger partial charge in [-0.15, -0.1) is 0 Å². The Hall–Kier alpha value is -1.36. The summed E-state index contributed by atoms with van der Waals surface area (Å²) in [6, 6.07) is 3.16. The molecule has 0 spiro atoms. The van der Waals surface area contributed by atoms with Crippen LogP contribution in [0, 0.1) is 6.92 Å². The molecule has 2 rings (SSSR count). The molecule has 0 fully saturated rings. The predicted octanol–water partition coefficient (Wildman–Crippen LogP) is 2.60. The summed E-state index contributed by atoms with van der Waals surface area (Å²) in [5, 5.41) is 13.2. The Balaban J connectivity index is 2.92. The number of aryl methyl sites for hydroxylation is 1. The molecule has 72 valence electrons. The van der Waals surface area contributed by atoms with Crippen molar-refractivity contribution >= 4 is 32.9 Å². The highest BCUT2D eigenvalue weighted by Crippen LogP contribution is 2.29. The summed E-state index contributed by atoms with van der Waals surface area (Å²) < 4.78 is 5.72. The quantitative estimate of drug-likeness (QED) is 0.851. The zero-order chi connectivity index (χ0) is 10.3. The molecule has 0 aliphatic carbocycles. The number of nitrogens with zero attached hydrogens (tertiary/aromatic N) is 1. The van der Waals surface area contributed by atoms with Crippen molar-refractivity contribution in [1.82, 2.24) is 5.16 Å². The van der Waals surface area contributed by atoms with E-state index >= 15 is 0 Å². The van der Waals surface area contributed by atoms with Gasteiger partial charge in [-0.2, -0.15) is 0 Å². The van der Waals surface area contributed by atoms with E-state index in [0.717, 1.165) is 0 Å². The van der Waals surface area contributed by atoms with Crippen LogP contribution in [0.1, 0.15) is 16.1 Å². The van der Waals surface area contributed by atoms with Crippen LogP contribution in [-0.2, 0) is 0 Å². The first-order valence-electron chi connectivity index (χ1n) is 3.89. The van der Waals surface area contributed by atoms with Crippen LogP contribution in [0.25, 0.3) is 11.0 Å². The normalized spacial score (nSPS) is 10.7. The maximum Gasteiger partial charge on any atom is 0.336 e. The molecular formula is C9H6BrNO3. The van der Waals surface area contributed by atoms with Gasteiger partial charge in [0.1, 0.15) is 0 Å². The number of hydrogen-bond donors (Lipinski definition) is 1. The number of fused-ring (bicyclic) bond motifs is 1. The van der Waals surface area contributed by atoms with Gasteiger partial charge >= 0.3 is 5.97 Å². The first-order valence-corrected chi connectivity index (χ1v) is 4.68. The molecule has 0 unspecified atom stereocenters. The van der Waals surface area contributed by atoms with E-state index in [1.807, 2.05) is 0 Å². The molecule has 0 atom stereocenters. The summed E-state index contributed by atoms with van der Waals surface area (Å²) in [7, 11) is 0. The van der Waals surface area contributed by atoms with Gasteiger partial charge < -0.3 is 9.63 Å². The lowest BCUT2D eigenvalue weighted by molar-refractivity contribution is 0.0699. The number of aromatic nitrogens is 1. The van der Waals surface area contributed by atoms with Gasteiger partial charge in [-0.3, -0.25) is 0 Å². The van der Waals surface area contributed by atoms with E-state index in [1.54, 1.807) is 13.0 Å². The van der Waals surface area contributed by atoms with Gasteiger partial charge in [0.05, 0.1) is 21.1 Å². The minimum Gasteiger partial charge on any atom is -0.478 e. The lowest BCUT2D eigenvalue weighted by atomic mass is 10.1. The van der Waals surface area contributed by atoms with Crippen molar-refractivity contribution in [3.63, 3.8) is 0 Å². The highest BCUT2D eigenvalue weighted by molar-refractivity contribution is 9.10. The Morgan fingerprint density at radius 3 is 2.93 bits per heavy atom. The Kier molecular flexibility index (Phi) is 2.03. The van der Waals surface area contributed by atoms with E-state index in [9.17, 15) is 4.79 Å². The molecule has 0 saturated carbocycles. The summed E-state index contributed by atoms with van der Waals surface area (Å²) in [6.45, 7) is 1.71. The largest absolute Gasteiger partial charge is 0.478 e. The molecule has 0 saturated heterocycles. The van der Waals surface area contributed by atoms with Crippen molar-refractivity contribution in [3.8, 4) is 0 Å². The van der Waals surface area contributed by atoms with Crippen molar-refractivity contribution in [2.24, 2.45) is 0 Å². The molecule has 1 aromatic heterocycles. The number of carboxylic acids is 1. The van der Waals surface area contributed by atoms with Crippen LogP contribution >= 0.6 is 15.9 Å². The Bertz CT molecular complexity index is 518. The van der Waals surface area contributed by atoms with Crippen molar-refractivity contribution in [3.05, 3.63) is 27.9 Å². The molecule has 0 aliphatic rings. The van der Waals surface area contributed by atoms with Crippen LogP contribution < -0.4 is 0 Å². The topological polar surface area (TPSA) is 63.3 Å². The van der Waals surface area contributed by atoms with Crippen molar-refractivity contribution in [2.45, 2.75) is 6.92 Å². The number of carbonyl (C=O) groups is 1. The van der Waals surface area contributed by atoms with Crippen molar-refractivity contribution in [2.75, 3.05) is 0 Å². The number of aromatic carboxylic acids is 1. The average Bonchev–Trinajstić information content (AvgIpc) is 2.50. The zero-order valence-corrected chi connectivity index (χ0v) is 8.83. The Labute approximate surface area is 87.6 Å². The molecule has 1 heterocycles. The number of halogens is 1.